The molecule has 0 aliphatic carbocycles. The van der Waals surface area contributed by atoms with Crippen molar-refractivity contribution in [1.29, 1.82) is 0 Å². The van der Waals surface area contributed by atoms with Gasteiger partial charge < -0.3 is 9.29 Å². The number of ether oxygens (including phenoxy) is 1. The van der Waals surface area contributed by atoms with E-state index in [-0.39, 0.29) is 16.2 Å². The van der Waals surface area contributed by atoms with Gasteiger partial charge in [0.05, 0.1) is 0 Å². The molecule has 1 aromatic rings. The van der Waals surface area contributed by atoms with Crippen LogP contribution in [0.1, 0.15) is 6.92 Å². The monoisotopic (exact) mass is 225 g/mol. The van der Waals surface area contributed by atoms with Crippen molar-refractivity contribution in [2.45, 2.75) is 11.8 Å². The first kappa shape index (κ1) is 11.6. The van der Waals surface area contributed by atoms with E-state index in [1.165, 1.54) is 31.2 Å². The molecule has 0 N–H and O–H groups in total. The van der Waals surface area contributed by atoms with Gasteiger partial charge in [0.15, 0.2) is 0 Å². The SMILES string of the molecule is C=C(C)C(=O)Oc1ccc(S(=O)[O-])cc1. The zero-order chi connectivity index (χ0) is 11.4. The number of benzene rings is 1. The van der Waals surface area contributed by atoms with Gasteiger partial charge in [0.2, 0.25) is 0 Å². The molecule has 80 valence electrons. The highest BCUT2D eigenvalue weighted by Crippen LogP contribution is 2.14. The molecule has 15 heavy (non-hydrogen) atoms. The minimum absolute atomic E-state index is 0.144. The first-order valence-electron chi connectivity index (χ1n) is 4.07. The van der Waals surface area contributed by atoms with Crippen LogP contribution in [0.3, 0.4) is 0 Å². The van der Waals surface area contributed by atoms with Crippen molar-refractivity contribution >= 4 is 17.0 Å². The summed E-state index contributed by atoms with van der Waals surface area (Å²) in [6.45, 7) is 4.95. The number of carbonyl (C=O) groups is 1. The van der Waals surface area contributed by atoms with Gasteiger partial charge in [0.25, 0.3) is 0 Å². The molecular formula is C10H9O4S-. The summed E-state index contributed by atoms with van der Waals surface area (Å²) < 4.78 is 25.9. The highest BCUT2D eigenvalue weighted by Gasteiger charge is 2.04. The van der Waals surface area contributed by atoms with Crippen LogP contribution in [0.4, 0.5) is 0 Å². The maximum Gasteiger partial charge on any atom is 0.338 e. The van der Waals surface area contributed by atoms with Gasteiger partial charge in [-0.2, -0.15) is 0 Å². The third kappa shape index (κ3) is 3.30. The molecule has 1 atom stereocenters. The van der Waals surface area contributed by atoms with Gasteiger partial charge in [-0.25, -0.2) is 4.79 Å². The van der Waals surface area contributed by atoms with Crippen molar-refractivity contribution in [2.75, 3.05) is 0 Å². The summed E-state index contributed by atoms with van der Waals surface area (Å²) in [5.74, 6) is -0.247. The van der Waals surface area contributed by atoms with Gasteiger partial charge in [-0.1, -0.05) is 6.58 Å². The van der Waals surface area contributed by atoms with E-state index >= 15 is 0 Å². The second-order valence-corrected chi connectivity index (χ2v) is 3.82. The van der Waals surface area contributed by atoms with Crippen LogP contribution >= 0.6 is 0 Å². The van der Waals surface area contributed by atoms with Crippen molar-refractivity contribution in [3.05, 3.63) is 36.4 Å². The van der Waals surface area contributed by atoms with Crippen LogP contribution in [0.15, 0.2) is 41.3 Å². The predicted octanol–water partition coefficient (Wildman–Crippen LogP) is 1.41. The number of hydrogen-bond acceptors (Lipinski definition) is 4. The molecule has 5 heteroatoms. The minimum atomic E-state index is -2.27. The average molecular weight is 225 g/mol. The summed E-state index contributed by atoms with van der Waals surface area (Å²) in [6, 6.07) is 5.52. The van der Waals surface area contributed by atoms with Crippen LogP contribution < -0.4 is 4.74 Å². The number of hydrogen-bond donors (Lipinski definition) is 0. The van der Waals surface area contributed by atoms with Crippen molar-refractivity contribution < 1.29 is 18.3 Å². The Morgan fingerprint density at radius 3 is 2.33 bits per heavy atom. The Kier molecular flexibility index (Phi) is 3.76. The smallest absolute Gasteiger partial charge is 0.338 e. The Hall–Kier alpha value is -1.46. The van der Waals surface area contributed by atoms with Crippen molar-refractivity contribution in [3.8, 4) is 5.75 Å². The van der Waals surface area contributed by atoms with Crippen LogP contribution in [0.25, 0.3) is 0 Å². The van der Waals surface area contributed by atoms with E-state index in [9.17, 15) is 13.6 Å². The summed E-state index contributed by atoms with van der Waals surface area (Å²) in [6.07, 6.45) is 0. The van der Waals surface area contributed by atoms with Crippen molar-refractivity contribution in [1.82, 2.24) is 0 Å². The summed E-state index contributed by atoms with van der Waals surface area (Å²) >= 11 is -2.27. The lowest BCUT2D eigenvalue weighted by Crippen LogP contribution is -2.08. The van der Waals surface area contributed by atoms with E-state index in [1.807, 2.05) is 0 Å². The van der Waals surface area contributed by atoms with Crippen molar-refractivity contribution in [2.24, 2.45) is 0 Å². The molecule has 0 amide bonds. The van der Waals surface area contributed by atoms with Crippen LogP contribution in [-0.2, 0) is 15.9 Å². The van der Waals surface area contributed by atoms with Gasteiger partial charge in [0, 0.05) is 10.5 Å². The predicted molar refractivity (Wildman–Crippen MR) is 54.1 cm³/mol. The molecule has 1 rings (SSSR count). The molecule has 4 nitrogen and oxygen atoms in total. The summed E-state index contributed by atoms with van der Waals surface area (Å²) in [7, 11) is 0. The second kappa shape index (κ2) is 4.86. The Labute approximate surface area is 89.9 Å². The highest BCUT2D eigenvalue weighted by atomic mass is 32.2. The molecule has 1 aromatic carbocycles. The zero-order valence-corrected chi connectivity index (χ0v) is 8.87. The van der Waals surface area contributed by atoms with E-state index < -0.39 is 17.0 Å². The van der Waals surface area contributed by atoms with Crippen LogP contribution in [0.2, 0.25) is 0 Å². The standard InChI is InChI=1S/C10H10O4S/c1-7(2)10(11)14-8-3-5-9(6-4-8)15(12)13/h3-6H,1H2,2H3,(H,12,13)/p-1. The first-order valence-corrected chi connectivity index (χ1v) is 5.15. The molecule has 1 unspecified atom stereocenters. The van der Waals surface area contributed by atoms with E-state index in [4.69, 9.17) is 4.74 Å². The minimum Gasteiger partial charge on any atom is -0.768 e. The lowest BCUT2D eigenvalue weighted by molar-refractivity contribution is -0.130. The Bertz CT molecular complexity index is 408. The molecule has 0 heterocycles. The summed E-state index contributed by atoms with van der Waals surface area (Å²) in [5.41, 5.74) is 0.284. The quantitative estimate of drug-likeness (QED) is 0.337. The molecule has 0 spiro atoms. The third-order valence-corrected chi connectivity index (χ3v) is 2.23. The van der Waals surface area contributed by atoms with E-state index in [2.05, 4.69) is 6.58 Å². The number of esters is 1. The van der Waals surface area contributed by atoms with Gasteiger partial charge in [0.1, 0.15) is 5.75 Å². The summed E-state index contributed by atoms with van der Waals surface area (Å²) in [5, 5.41) is 0. The fourth-order valence-electron chi connectivity index (χ4n) is 0.813. The number of rotatable bonds is 3. The molecular weight excluding hydrogens is 216 g/mol. The van der Waals surface area contributed by atoms with Crippen LogP contribution in [-0.4, -0.2) is 14.7 Å². The molecule has 0 saturated heterocycles. The number of carbonyl (C=O) groups excluding carboxylic acids is 1. The summed E-state index contributed by atoms with van der Waals surface area (Å²) in [4.78, 5) is 11.2. The van der Waals surface area contributed by atoms with Crippen molar-refractivity contribution in [3.63, 3.8) is 0 Å². The molecule has 0 radical (unpaired) electrons. The largest absolute Gasteiger partial charge is 0.768 e. The van der Waals surface area contributed by atoms with Gasteiger partial charge >= 0.3 is 5.97 Å². The van der Waals surface area contributed by atoms with Crippen LogP contribution in [0, 0.1) is 0 Å². The zero-order valence-electron chi connectivity index (χ0n) is 8.06. The molecule has 0 aliphatic rings. The lowest BCUT2D eigenvalue weighted by Gasteiger charge is -2.06. The van der Waals surface area contributed by atoms with Gasteiger partial charge in [-0.3, -0.25) is 4.21 Å². The molecule has 0 bridgehead atoms. The normalized spacial score (nSPS) is 11.9. The molecule has 0 fully saturated rings. The Balaban J connectivity index is 2.77. The third-order valence-electron chi connectivity index (χ3n) is 1.58. The maximum absolute atomic E-state index is 11.1. The van der Waals surface area contributed by atoms with E-state index in [0.29, 0.717) is 0 Å². The van der Waals surface area contributed by atoms with Gasteiger partial charge in [-0.15, -0.1) is 0 Å². The van der Waals surface area contributed by atoms with E-state index in [0.717, 1.165) is 0 Å². The molecule has 0 aromatic heterocycles. The highest BCUT2D eigenvalue weighted by molar-refractivity contribution is 7.79. The Morgan fingerprint density at radius 1 is 1.40 bits per heavy atom. The topological polar surface area (TPSA) is 66.4 Å². The van der Waals surface area contributed by atoms with Crippen LogP contribution in [0.5, 0.6) is 5.75 Å². The van der Waals surface area contributed by atoms with E-state index in [1.54, 1.807) is 0 Å². The fraction of sp³-hybridized carbons (Fsp3) is 0.100. The first-order chi connectivity index (χ1) is 7.00. The van der Waals surface area contributed by atoms with Gasteiger partial charge in [-0.05, 0) is 42.3 Å². The lowest BCUT2D eigenvalue weighted by atomic mass is 10.3. The second-order valence-electron chi connectivity index (χ2n) is 2.88. The molecule has 0 saturated carbocycles. The fourth-order valence-corrected chi connectivity index (χ4v) is 1.17. The molecule has 0 aliphatic heterocycles. The average Bonchev–Trinajstić information content (AvgIpc) is 2.18. The Morgan fingerprint density at radius 2 is 1.93 bits per heavy atom. The maximum atomic E-state index is 11.1.